The Morgan fingerprint density at radius 3 is 2.59 bits per heavy atom. The van der Waals surface area contributed by atoms with Crippen LogP contribution in [-0.2, 0) is 4.74 Å². The number of hydrogen-bond acceptors (Lipinski definition) is 3. The van der Waals surface area contributed by atoms with Gasteiger partial charge >= 0.3 is 6.03 Å². The van der Waals surface area contributed by atoms with E-state index in [0.717, 1.165) is 22.6 Å². The molecule has 146 valence electrons. The zero-order chi connectivity index (χ0) is 19.7. The summed E-state index contributed by atoms with van der Waals surface area (Å²) in [5.41, 5.74) is 4.95. The van der Waals surface area contributed by atoms with E-state index in [0.29, 0.717) is 13.2 Å². The van der Waals surface area contributed by atoms with Gasteiger partial charge in [-0.1, -0.05) is 24.3 Å². The number of nitrogens with zero attached hydrogens (tertiary/aromatic N) is 3. The van der Waals surface area contributed by atoms with E-state index in [1.54, 1.807) is 0 Å². The number of amides is 2. The van der Waals surface area contributed by atoms with Crippen molar-refractivity contribution in [3.05, 3.63) is 46.8 Å². The molecule has 1 aromatic heterocycles. The number of anilines is 1. The van der Waals surface area contributed by atoms with Gasteiger partial charge in [0.1, 0.15) is 6.10 Å². The van der Waals surface area contributed by atoms with Gasteiger partial charge < -0.3 is 15.0 Å². The number of nitrogens with one attached hydrogen (secondary N) is 1. The Labute approximate surface area is 161 Å². The molecule has 1 saturated heterocycles. The highest BCUT2D eigenvalue weighted by Gasteiger charge is 2.32. The lowest BCUT2D eigenvalue weighted by Crippen LogP contribution is -2.50. The number of hydrogen-bond donors (Lipinski definition) is 1. The molecule has 2 atom stereocenters. The topological polar surface area (TPSA) is 59.4 Å². The van der Waals surface area contributed by atoms with Gasteiger partial charge in [0.05, 0.1) is 36.3 Å². The number of morpholine rings is 1. The summed E-state index contributed by atoms with van der Waals surface area (Å²) in [6.45, 7) is 13.3. The zero-order valence-electron chi connectivity index (χ0n) is 17.1. The van der Waals surface area contributed by atoms with Crippen molar-refractivity contribution in [3.8, 4) is 0 Å². The molecule has 0 unspecified atom stereocenters. The van der Waals surface area contributed by atoms with Crippen LogP contribution in [0.4, 0.5) is 10.5 Å². The molecular formula is C21H30N4O2. The largest absolute Gasteiger partial charge is 0.370 e. The summed E-state index contributed by atoms with van der Waals surface area (Å²) in [6.07, 6.45) is -0.103. The minimum absolute atomic E-state index is 0.0195. The van der Waals surface area contributed by atoms with Crippen molar-refractivity contribution in [2.24, 2.45) is 0 Å². The second kappa shape index (κ2) is 7.72. The normalized spacial score (nSPS) is 20.2. The van der Waals surface area contributed by atoms with Crippen LogP contribution >= 0.6 is 0 Å². The number of ether oxygens (including phenoxy) is 1. The molecule has 0 spiro atoms. The highest BCUT2D eigenvalue weighted by Crippen LogP contribution is 2.28. The molecule has 0 bridgehead atoms. The van der Waals surface area contributed by atoms with E-state index < -0.39 is 0 Å². The van der Waals surface area contributed by atoms with Crippen molar-refractivity contribution in [2.75, 3.05) is 18.5 Å². The first-order valence-electron chi connectivity index (χ1n) is 9.60. The Balaban J connectivity index is 1.79. The molecule has 0 aliphatic carbocycles. The van der Waals surface area contributed by atoms with Gasteiger partial charge in [-0.2, -0.15) is 5.10 Å². The zero-order valence-corrected chi connectivity index (χ0v) is 17.1. The summed E-state index contributed by atoms with van der Waals surface area (Å²) in [6, 6.07) is 8.36. The second-order valence-electron chi connectivity index (χ2n) is 7.69. The van der Waals surface area contributed by atoms with E-state index in [-0.39, 0.29) is 24.2 Å². The van der Waals surface area contributed by atoms with E-state index in [9.17, 15) is 4.79 Å². The van der Waals surface area contributed by atoms with Gasteiger partial charge in [-0.15, -0.1) is 0 Å². The van der Waals surface area contributed by atoms with Crippen LogP contribution in [0, 0.1) is 20.8 Å². The molecule has 2 heterocycles. The average Bonchev–Trinajstić information content (AvgIpc) is 2.91. The van der Waals surface area contributed by atoms with Crippen LogP contribution in [0.2, 0.25) is 0 Å². The van der Waals surface area contributed by atoms with Crippen LogP contribution in [0.25, 0.3) is 0 Å². The monoisotopic (exact) mass is 370 g/mol. The Kier molecular flexibility index (Phi) is 5.56. The summed E-state index contributed by atoms with van der Waals surface area (Å²) >= 11 is 0. The standard InChI is InChI=1S/C21H30N4O2/c1-13(2)25-17(6)20(16(5)23-25)22-21(26)24-11-19(27-12-15(24)4)18-10-8-7-9-14(18)3/h7-10,13,15,19H,11-12H2,1-6H3,(H,22,26)/t15-,19+/m1/s1. The van der Waals surface area contributed by atoms with E-state index in [1.165, 1.54) is 5.56 Å². The predicted octanol–water partition coefficient (Wildman–Crippen LogP) is 4.38. The van der Waals surface area contributed by atoms with Crippen LogP contribution < -0.4 is 5.32 Å². The third-order valence-electron chi connectivity index (χ3n) is 5.28. The maximum absolute atomic E-state index is 13.0. The summed E-state index contributed by atoms with van der Waals surface area (Å²) < 4.78 is 7.98. The van der Waals surface area contributed by atoms with Crippen LogP contribution in [0.5, 0.6) is 0 Å². The van der Waals surface area contributed by atoms with Gasteiger partial charge in [-0.05, 0) is 52.7 Å². The molecule has 1 aromatic carbocycles. The fourth-order valence-electron chi connectivity index (χ4n) is 3.70. The first-order valence-corrected chi connectivity index (χ1v) is 9.60. The Morgan fingerprint density at radius 1 is 1.26 bits per heavy atom. The number of rotatable bonds is 3. The molecule has 0 radical (unpaired) electrons. The summed E-state index contributed by atoms with van der Waals surface area (Å²) in [5, 5.41) is 7.65. The van der Waals surface area contributed by atoms with Gasteiger partial charge in [0.15, 0.2) is 0 Å². The predicted molar refractivity (Wildman–Crippen MR) is 107 cm³/mol. The van der Waals surface area contributed by atoms with Crippen molar-refractivity contribution in [1.82, 2.24) is 14.7 Å². The molecule has 0 saturated carbocycles. The Bertz CT molecular complexity index is 828. The number of aromatic nitrogens is 2. The molecule has 6 nitrogen and oxygen atoms in total. The molecule has 1 aliphatic rings. The minimum atomic E-state index is -0.103. The van der Waals surface area contributed by atoms with Crippen LogP contribution in [0.1, 0.15) is 55.4 Å². The van der Waals surface area contributed by atoms with Crippen molar-refractivity contribution in [1.29, 1.82) is 0 Å². The molecule has 2 aromatic rings. The lowest BCUT2D eigenvalue weighted by molar-refractivity contribution is -0.0410. The van der Waals surface area contributed by atoms with Crippen molar-refractivity contribution >= 4 is 11.7 Å². The lowest BCUT2D eigenvalue weighted by atomic mass is 10.0. The highest BCUT2D eigenvalue weighted by molar-refractivity contribution is 5.91. The summed E-state index contributed by atoms with van der Waals surface area (Å²) in [7, 11) is 0. The third kappa shape index (κ3) is 3.86. The maximum atomic E-state index is 13.0. The van der Waals surface area contributed by atoms with Gasteiger partial charge in [-0.25, -0.2) is 4.79 Å². The molecule has 1 aliphatic heterocycles. The molecule has 3 rings (SSSR count). The smallest absolute Gasteiger partial charge is 0.322 e. The highest BCUT2D eigenvalue weighted by atomic mass is 16.5. The Hall–Kier alpha value is -2.34. The van der Waals surface area contributed by atoms with Crippen LogP contribution in [0.3, 0.4) is 0 Å². The Morgan fingerprint density at radius 2 is 1.96 bits per heavy atom. The lowest BCUT2D eigenvalue weighted by Gasteiger charge is -2.38. The quantitative estimate of drug-likeness (QED) is 0.872. The fraction of sp³-hybridized carbons (Fsp3) is 0.524. The number of carbonyl (C=O) groups is 1. The second-order valence-corrected chi connectivity index (χ2v) is 7.69. The molecule has 1 fully saturated rings. The van der Waals surface area contributed by atoms with Gasteiger partial charge in [0, 0.05) is 6.04 Å². The fourth-order valence-corrected chi connectivity index (χ4v) is 3.70. The van der Waals surface area contributed by atoms with E-state index in [4.69, 9.17) is 4.74 Å². The van der Waals surface area contributed by atoms with Gasteiger partial charge in [-0.3, -0.25) is 4.68 Å². The van der Waals surface area contributed by atoms with Crippen LogP contribution in [-0.4, -0.2) is 39.9 Å². The van der Waals surface area contributed by atoms with E-state index in [2.05, 4.69) is 43.3 Å². The molecule has 1 N–H and O–H groups in total. The van der Waals surface area contributed by atoms with Gasteiger partial charge in [0.2, 0.25) is 0 Å². The average molecular weight is 370 g/mol. The van der Waals surface area contributed by atoms with E-state index >= 15 is 0 Å². The SMILES string of the molecule is Cc1ccccc1[C@@H]1CN(C(=O)Nc2c(C)nn(C(C)C)c2C)[C@H](C)CO1. The molecule has 6 heteroatoms. The molecule has 27 heavy (non-hydrogen) atoms. The van der Waals surface area contributed by atoms with Gasteiger partial charge in [0.25, 0.3) is 0 Å². The number of urea groups is 1. The summed E-state index contributed by atoms with van der Waals surface area (Å²) in [4.78, 5) is 14.9. The van der Waals surface area contributed by atoms with E-state index in [1.807, 2.05) is 42.5 Å². The maximum Gasteiger partial charge on any atom is 0.322 e. The minimum Gasteiger partial charge on any atom is -0.370 e. The van der Waals surface area contributed by atoms with Crippen molar-refractivity contribution in [2.45, 2.75) is 59.7 Å². The molecule has 2 amide bonds. The number of carbonyl (C=O) groups excluding carboxylic acids is 1. The molecular weight excluding hydrogens is 340 g/mol. The number of aryl methyl sites for hydroxylation is 2. The first-order chi connectivity index (χ1) is 12.8. The van der Waals surface area contributed by atoms with Crippen molar-refractivity contribution in [3.63, 3.8) is 0 Å². The number of benzene rings is 1. The summed E-state index contributed by atoms with van der Waals surface area (Å²) in [5.74, 6) is 0. The van der Waals surface area contributed by atoms with Crippen LogP contribution in [0.15, 0.2) is 24.3 Å². The first kappa shape index (κ1) is 19.4. The van der Waals surface area contributed by atoms with Crippen molar-refractivity contribution < 1.29 is 9.53 Å². The third-order valence-corrected chi connectivity index (χ3v) is 5.28.